The molecule has 18 heavy (non-hydrogen) atoms. The quantitative estimate of drug-likeness (QED) is 0.831. The summed E-state index contributed by atoms with van der Waals surface area (Å²) in [6.45, 7) is 7.26. The Bertz CT molecular complexity index is 233. The number of nitrogens with zero attached hydrogens (tertiary/aromatic N) is 1. The first-order valence-electron chi connectivity index (χ1n) is 8.24. The molecule has 0 radical (unpaired) electrons. The third-order valence-electron chi connectivity index (χ3n) is 5.37. The predicted molar refractivity (Wildman–Crippen MR) is 78.6 cm³/mol. The highest BCUT2D eigenvalue weighted by molar-refractivity contribution is 4.90. The summed E-state index contributed by atoms with van der Waals surface area (Å²) in [5.41, 5.74) is 6.38. The Morgan fingerprint density at radius 2 is 1.72 bits per heavy atom. The van der Waals surface area contributed by atoms with Crippen LogP contribution >= 0.6 is 0 Å². The van der Waals surface area contributed by atoms with E-state index in [1.165, 1.54) is 64.5 Å². The van der Waals surface area contributed by atoms with E-state index in [0.717, 1.165) is 11.8 Å². The molecule has 0 bridgehead atoms. The van der Waals surface area contributed by atoms with E-state index >= 15 is 0 Å². The van der Waals surface area contributed by atoms with E-state index in [0.29, 0.717) is 12.1 Å². The number of piperidine rings is 1. The molecule has 1 aliphatic carbocycles. The van der Waals surface area contributed by atoms with Gasteiger partial charge >= 0.3 is 0 Å². The van der Waals surface area contributed by atoms with Gasteiger partial charge in [-0.15, -0.1) is 0 Å². The maximum atomic E-state index is 6.38. The molecule has 2 nitrogen and oxygen atoms in total. The van der Waals surface area contributed by atoms with Crippen molar-refractivity contribution in [2.45, 2.75) is 77.3 Å². The monoisotopic (exact) mass is 252 g/mol. The fourth-order valence-corrected chi connectivity index (χ4v) is 4.03. The lowest BCUT2D eigenvalue weighted by Gasteiger charge is -2.44. The molecule has 3 atom stereocenters. The largest absolute Gasteiger partial charge is 0.326 e. The van der Waals surface area contributed by atoms with Gasteiger partial charge in [0, 0.05) is 12.1 Å². The van der Waals surface area contributed by atoms with E-state index in [1.54, 1.807) is 0 Å². The fraction of sp³-hybridized carbons (Fsp3) is 1.00. The van der Waals surface area contributed by atoms with Gasteiger partial charge in [-0.2, -0.15) is 0 Å². The molecule has 2 rings (SSSR count). The highest BCUT2D eigenvalue weighted by Gasteiger charge is 2.33. The van der Waals surface area contributed by atoms with Crippen molar-refractivity contribution < 1.29 is 0 Å². The maximum Gasteiger partial charge on any atom is 0.0249 e. The second-order valence-corrected chi connectivity index (χ2v) is 6.59. The lowest BCUT2D eigenvalue weighted by molar-refractivity contribution is 0.0734. The molecule has 2 heteroatoms. The van der Waals surface area contributed by atoms with Crippen molar-refractivity contribution in [3.63, 3.8) is 0 Å². The first-order valence-corrected chi connectivity index (χ1v) is 8.24. The van der Waals surface area contributed by atoms with Crippen LogP contribution in [0.2, 0.25) is 0 Å². The van der Waals surface area contributed by atoms with Crippen LogP contribution in [0.5, 0.6) is 0 Å². The average Bonchev–Trinajstić information content (AvgIpc) is 2.41. The zero-order valence-electron chi connectivity index (χ0n) is 12.4. The van der Waals surface area contributed by atoms with Gasteiger partial charge in [0.05, 0.1) is 0 Å². The van der Waals surface area contributed by atoms with Crippen molar-refractivity contribution >= 4 is 0 Å². The lowest BCUT2D eigenvalue weighted by atomic mass is 9.79. The Morgan fingerprint density at radius 1 is 1.00 bits per heavy atom. The van der Waals surface area contributed by atoms with Gasteiger partial charge in [-0.3, -0.25) is 4.90 Å². The minimum absolute atomic E-state index is 0.440. The molecule has 2 N–H and O–H groups in total. The number of nitrogens with two attached hydrogens (primary N) is 1. The van der Waals surface area contributed by atoms with E-state index < -0.39 is 0 Å². The van der Waals surface area contributed by atoms with Gasteiger partial charge in [-0.05, 0) is 57.0 Å². The van der Waals surface area contributed by atoms with Gasteiger partial charge in [0.2, 0.25) is 0 Å². The minimum atomic E-state index is 0.440. The van der Waals surface area contributed by atoms with Crippen molar-refractivity contribution in [3.8, 4) is 0 Å². The normalized spacial score (nSPS) is 35.8. The van der Waals surface area contributed by atoms with Crippen LogP contribution in [0.4, 0.5) is 0 Å². The summed E-state index contributed by atoms with van der Waals surface area (Å²) in [4.78, 5) is 2.72. The molecule has 1 heterocycles. The van der Waals surface area contributed by atoms with Gasteiger partial charge in [0.15, 0.2) is 0 Å². The number of likely N-dealkylation sites (tertiary alicyclic amines) is 1. The summed E-state index contributed by atoms with van der Waals surface area (Å²) < 4.78 is 0. The zero-order chi connectivity index (χ0) is 13.0. The van der Waals surface area contributed by atoms with Crippen LogP contribution in [-0.2, 0) is 0 Å². The van der Waals surface area contributed by atoms with E-state index in [4.69, 9.17) is 5.73 Å². The van der Waals surface area contributed by atoms with Crippen LogP contribution in [0.1, 0.15) is 65.2 Å². The summed E-state index contributed by atoms with van der Waals surface area (Å²) in [5.74, 6) is 1.93. The van der Waals surface area contributed by atoms with Crippen molar-refractivity contribution in [3.05, 3.63) is 0 Å². The second kappa shape index (κ2) is 6.91. The first-order chi connectivity index (χ1) is 8.74. The van der Waals surface area contributed by atoms with Gasteiger partial charge in [-0.25, -0.2) is 0 Å². The number of rotatable bonds is 4. The van der Waals surface area contributed by atoms with E-state index in [-0.39, 0.29) is 0 Å². The van der Waals surface area contributed by atoms with Crippen molar-refractivity contribution in [2.24, 2.45) is 17.6 Å². The maximum absolute atomic E-state index is 6.38. The van der Waals surface area contributed by atoms with Crippen LogP contribution in [0.15, 0.2) is 0 Å². The predicted octanol–water partition coefficient (Wildman–Crippen LogP) is 3.40. The number of hydrogen-bond acceptors (Lipinski definition) is 2. The summed E-state index contributed by atoms with van der Waals surface area (Å²) in [5, 5.41) is 0. The molecule has 0 spiro atoms. The van der Waals surface area contributed by atoms with E-state index in [1.807, 2.05) is 0 Å². The van der Waals surface area contributed by atoms with Crippen LogP contribution in [-0.4, -0.2) is 30.1 Å². The fourth-order valence-electron chi connectivity index (χ4n) is 4.03. The molecule has 1 aliphatic heterocycles. The minimum Gasteiger partial charge on any atom is -0.326 e. The Morgan fingerprint density at radius 3 is 2.33 bits per heavy atom. The lowest BCUT2D eigenvalue weighted by Crippen LogP contribution is -2.53. The Balaban J connectivity index is 1.83. The Labute approximate surface area is 113 Å². The van der Waals surface area contributed by atoms with Crippen molar-refractivity contribution in [2.75, 3.05) is 13.1 Å². The first kappa shape index (κ1) is 14.3. The summed E-state index contributed by atoms with van der Waals surface area (Å²) >= 11 is 0. The molecule has 3 unspecified atom stereocenters. The van der Waals surface area contributed by atoms with Crippen molar-refractivity contribution in [1.82, 2.24) is 4.90 Å². The van der Waals surface area contributed by atoms with E-state index in [9.17, 15) is 0 Å². The van der Waals surface area contributed by atoms with Crippen LogP contribution in [0.3, 0.4) is 0 Å². The molecule has 2 fully saturated rings. The van der Waals surface area contributed by atoms with Crippen LogP contribution < -0.4 is 5.73 Å². The molecular weight excluding hydrogens is 220 g/mol. The molecule has 106 valence electrons. The average molecular weight is 252 g/mol. The molecule has 0 aromatic heterocycles. The zero-order valence-corrected chi connectivity index (χ0v) is 12.4. The molecule has 2 aliphatic rings. The number of hydrogen-bond donors (Lipinski definition) is 1. The van der Waals surface area contributed by atoms with E-state index in [2.05, 4.69) is 18.7 Å². The van der Waals surface area contributed by atoms with Gasteiger partial charge in [0.25, 0.3) is 0 Å². The molecule has 1 saturated heterocycles. The Kier molecular flexibility index (Phi) is 5.50. The molecule has 0 amide bonds. The van der Waals surface area contributed by atoms with Crippen molar-refractivity contribution in [1.29, 1.82) is 0 Å². The van der Waals surface area contributed by atoms with Crippen LogP contribution in [0, 0.1) is 11.8 Å². The third kappa shape index (κ3) is 3.48. The van der Waals surface area contributed by atoms with Gasteiger partial charge in [0.1, 0.15) is 0 Å². The summed E-state index contributed by atoms with van der Waals surface area (Å²) in [7, 11) is 0. The standard InChI is InChI=1S/C16H32N2/c1-3-5-14-8-10-18(11-9-14)16-12-13(4-2)6-7-15(16)17/h13-16H,3-12,17H2,1-2H3. The highest BCUT2D eigenvalue weighted by Crippen LogP contribution is 2.32. The Hall–Kier alpha value is -0.0800. The van der Waals surface area contributed by atoms with Gasteiger partial charge in [-0.1, -0.05) is 33.1 Å². The SMILES string of the molecule is CCCC1CCN(C2CC(CC)CCC2N)CC1. The molecule has 1 saturated carbocycles. The molecule has 0 aromatic carbocycles. The highest BCUT2D eigenvalue weighted by atomic mass is 15.2. The van der Waals surface area contributed by atoms with Gasteiger partial charge < -0.3 is 5.73 Å². The molecular formula is C16H32N2. The smallest absolute Gasteiger partial charge is 0.0249 e. The summed E-state index contributed by atoms with van der Waals surface area (Å²) in [6.07, 6.45) is 10.9. The third-order valence-corrected chi connectivity index (χ3v) is 5.37. The van der Waals surface area contributed by atoms with Crippen LogP contribution in [0.25, 0.3) is 0 Å². The molecule has 0 aromatic rings. The summed E-state index contributed by atoms with van der Waals surface area (Å²) in [6, 6.07) is 1.13. The topological polar surface area (TPSA) is 29.3 Å². The second-order valence-electron chi connectivity index (χ2n) is 6.59.